The number of benzene rings is 1. The lowest BCUT2D eigenvalue weighted by atomic mass is 9.80. The highest BCUT2D eigenvalue weighted by Crippen LogP contribution is 2.41. The summed E-state index contributed by atoms with van der Waals surface area (Å²) in [5.41, 5.74) is 3.15. The van der Waals surface area contributed by atoms with Gasteiger partial charge in [0.15, 0.2) is 0 Å². The Bertz CT molecular complexity index is 288. The number of hydrogen-bond acceptors (Lipinski definition) is 0. The lowest BCUT2D eigenvalue weighted by Crippen LogP contribution is -2.08. The van der Waals surface area contributed by atoms with Gasteiger partial charge in [0.05, 0.1) is 0 Å². The van der Waals surface area contributed by atoms with E-state index in [1.54, 1.807) is 11.1 Å². The van der Waals surface area contributed by atoms with Gasteiger partial charge in [-0.2, -0.15) is 0 Å². The van der Waals surface area contributed by atoms with Gasteiger partial charge in [-0.15, -0.1) is 0 Å². The first-order chi connectivity index (χ1) is 6.43. The molecule has 0 amide bonds. The van der Waals surface area contributed by atoms with Crippen LogP contribution in [-0.2, 0) is 0 Å². The van der Waals surface area contributed by atoms with Crippen LogP contribution in [0, 0.1) is 0 Å². The van der Waals surface area contributed by atoms with Crippen molar-refractivity contribution in [2.75, 3.05) is 0 Å². The molecule has 0 saturated heterocycles. The summed E-state index contributed by atoms with van der Waals surface area (Å²) in [6.07, 6.45) is 7.12. The van der Waals surface area contributed by atoms with Crippen molar-refractivity contribution in [2.45, 2.75) is 43.9 Å². The monoisotopic (exact) mass is 172 g/mol. The highest BCUT2D eigenvalue weighted by molar-refractivity contribution is 5.30. The molecule has 0 heteroatoms. The third-order valence-corrected chi connectivity index (χ3v) is 3.56. The standard InChI is InChI=1S/C13H16/c1-2-10(3-1)11-4-6-12(7-5-11)13-8-9-13/h4-7,10,13H,1-3,8-9H2. The van der Waals surface area contributed by atoms with Crippen LogP contribution in [0.25, 0.3) is 0 Å². The molecule has 0 nitrogen and oxygen atoms in total. The van der Waals surface area contributed by atoms with Crippen LogP contribution in [0.4, 0.5) is 0 Å². The van der Waals surface area contributed by atoms with Crippen molar-refractivity contribution in [3.63, 3.8) is 0 Å². The molecule has 3 rings (SSSR count). The normalized spacial score (nSPS) is 22.8. The molecular weight excluding hydrogens is 156 g/mol. The summed E-state index contributed by atoms with van der Waals surface area (Å²) in [6, 6.07) is 9.42. The minimum absolute atomic E-state index is 0.897. The summed E-state index contributed by atoms with van der Waals surface area (Å²) in [7, 11) is 0. The molecular formula is C13H16. The molecule has 0 bridgehead atoms. The van der Waals surface area contributed by atoms with E-state index in [-0.39, 0.29) is 0 Å². The van der Waals surface area contributed by atoms with Crippen molar-refractivity contribution in [2.24, 2.45) is 0 Å². The van der Waals surface area contributed by atoms with Gasteiger partial charge >= 0.3 is 0 Å². The zero-order valence-corrected chi connectivity index (χ0v) is 8.00. The maximum absolute atomic E-state index is 2.36. The molecule has 0 radical (unpaired) electrons. The molecule has 0 aliphatic heterocycles. The third kappa shape index (κ3) is 1.39. The molecule has 1 aromatic carbocycles. The van der Waals surface area contributed by atoms with Crippen LogP contribution in [0.3, 0.4) is 0 Å². The SMILES string of the molecule is c1cc(C2CC2)ccc1C1CCC1. The molecule has 0 heterocycles. The summed E-state index contributed by atoms with van der Waals surface area (Å²) >= 11 is 0. The molecule has 0 atom stereocenters. The fraction of sp³-hybridized carbons (Fsp3) is 0.538. The summed E-state index contributed by atoms with van der Waals surface area (Å²) in [5.74, 6) is 1.81. The lowest BCUT2D eigenvalue weighted by molar-refractivity contribution is 0.419. The lowest BCUT2D eigenvalue weighted by Gasteiger charge is -2.25. The predicted molar refractivity (Wildman–Crippen MR) is 55.0 cm³/mol. The number of hydrogen-bond donors (Lipinski definition) is 0. The fourth-order valence-corrected chi connectivity index (χ4v) is 2.20. The Morgan fingerprint density at radius 1 is 0.692 bits per heavy atom. The Balaban J connectivity index is 1.80. The molecule has 0 N–H and O–H groups in total. The smallest absolute Gasteiger partial charge is 0.0162 e. The Morgan fingerprint density at radius 3 is 1.46 bits per heavy atom. The van der Waals surface area contributed by atoms with Gasteiger partial charge in [0.25, 0.3) is 0 Å². The van der Waals surface area contributed by atoms with E-state index in [9.17, 15) is 0 Å². The van der Waals surface area contributed by atoms with Crippen molar-refractivity contribution >= 4 is 0 Å². The molecule has 13 heavy (non-hydrogen) atoms. The van der Waals surface area contributed by atoms with E-state index < -0.39 is 0 Å². The van der Waals surface area contributed by atoms with Crippen LogP contribution in [-0.4, -0.2) is 0 Å². The molecule has 0 spiro atoms. The van der Waals surface area contributed by atoms with E-state index in [1.165, 1.54) is 32.1 Å². The van der Waals surface area contributed by atoms with Crippen molar-refractivity contribution in [3.05, 3.63) is 35.4 Å². The van der Waals surface area contributed by atoms with Crippen molar-refractivity contribution in [3.8, 4) is 0 Å². The van der Waals surface area contributed by atoms with Crippen LogP contribution in [0.5, 0.6) is 0 Å². The number of rotatable bonds is 2. The molecule has 2 saturated carbocycles. The van der Waals surface area contributed by atoms with Crippen LogP contribution in [0.2, 0.25) is 0 Å². The molecule has 0 unspecified atom stereocenters. The Labute approximate surface area is 80.0 Å². The first-order valence-electron chi connectivity index (χ1n) is 5.53. The second-order valence-corrected chi connectivity index (χ2v) is 4.57. The van der Waals surface area contributed by atoms with E-state index in [1.807, 2.05) is 0 Å². The maximum Gasteiger partial charge on any atom is -0.0162 e. The van der Waals surface area contributed by atoms with Gasteiger partial charge in [0.2, 0.25) is 0 Å². The summed E-state index contributed by atoms with van der Waals surface area (Å²) in [6.45, 7) is 0. The molecule has 2 aliphatic carbocycles. The van der Waals surface area contributed by atoms with Gasteiger partial charge < -0.3 is 0 Å². The van der Waals surface area contributed by atoms with Gasteiger partial charge in [-0.25, -0.2) is 0 Å². The fourth-order valence-electron chi connectivity index (χ4n) is 2.20. The maximum atomic E-state index is 2.36. The summed E-state index contributed by atoms with van der Waals surface area (Å²) in [4.78, 5) is 0. The third-order valence-electron chi connectivity index (χ3n) is 3.56. The van der Waals surface area contributed by atoms with E-state index in [2.05, 4.69) is 24.3 Å². The summed E-state index contributed by atoms with van der Waals surface area (Å²) in [5, 5.41) is 0. The molecule has 68 valence electrons. The average Bonchev–Trinajstić information content (AvgIpc) is 2.85. The van der Waals surface area contributed by atoms with E-state index >= 15 is 0 Å². The summed E-state index contributed by atoms with van der Waals surface area (Å²) < 4.78 is 0. The Morgan fingerprint density at radius 2 is 1.15 bits per heavy atom. The van der Waals surface area contributed by atoms with Crippen LogP contribution >= 0.6 is 0 Å². The van der Waals surface area contributed by atoms with Crippen molar-refractivity contribution in [1.82, 2.24) is 0 Å². The minimum atomic E-state index is 0.897. The average molecular weight is 172 g/mol. The zero-order chi connectivity index (χ0) is 8.67. The first-order valence-corrected chi connectivity index (χ1v) is 5.53. The predicted octanol–water partition coefficient (Wildman–Crippen LogP) is 3.83. The van der Waals surface area contributed by atoms with Gasteiger partial charge in [-0.1, -0.05) is 30.7 Å². The molecule has 2 fully saturated rings. The van der Waals surface area contributed by atoms with Crippen molar-refractivity contribution < 1.29 is 0 Å². The second-order valence-electron chi connectivity index (χ2n) is 4.57. The van der Waals surface area contributed by atoms with Gasteiger partial charge in [-0.3, -0.25) is 0 Å². The van der Waals surface area contributed by atoms with Gasteiger partial charge in [0, 0.05) is 0 Å². The Hall–Kier alpha value is -0.780. The largest absolute Gasteiger partial charge is 0.0585 e. The first kappa shape index (κ1) is 7.61. The quantitative estimate of drug-likeness (QED) is 0.636. The topological polar surface area (TPSA) is 0 Å². The highest BCUT2D eigenvalue weighted by atomic mass is 14.3. The van der Waals surface area contributed by atoms with Crippen LogP contribution in [0.15, 0.2) is 24.3 Å². The second kappa shape index (κ2) is 2.87. The van der Waals surface area contributed by atoms with Crippen molar-refractivity contribution in [1.29, 1.82) is 0 Å². The van der Waals surface area contributed by atoms with E-state index in [4.69, 9.17) is 0 Å². The van der Waals surface area contributed by atoms with Crippen LogP contribution in [0.1, 0.15) is 55.1 Å². The molecule has 0 aromatic heterocycles. The molecule has 1 aromatic rings. The Kier molecular flexibility index (Phi) is 1.68. The molecule has 2 aliphatic rings. The van der Waals surface area contributed by atoms with E-state index in [0.717, 1.165) is 11.8 Å². The van der Waals surface area contributed by atoms with Gasteiger partial charge in [-0.05, 0) is 48.6 Å². The zero-order valence-electron chi connectivity index (χ0n) is 8.00. The van der Waals surface area contributed by atoms with Crippen LogP contribution < -0.4 is 0 Å². The van der Waals surface area contributed by atoms with Gasteiger partial charge in [0.1, 0.15) is 0 Å². The minimum Gasteiger partial charge on any atom is -0.0585 e. The highest BCUT2D eigenvalue weighted by Gasteiger charge is 2.24. The van der Waals surface area contributed by atoms with E-state index in [0.29, 0.717) is 0 Å².